The van der Waals surface area contributed by atoms with Crippen molar-refractivity contribution in [3.8, 4) is 17.2 Å². The highest BCUT2D eigenvalue weighted by atomic mass is 16.5. The predicted molar refractivity (Wildman–Crippen MR) is 204 cm³/mol. The van der Waals surface area contributed by atoms with Gasteiger partial charge in [0, 0.05) is 28.6 Å². The number of ether oxygens (including phenoxy) is 2. The summed E-state index contributed by atoms with van der Waals surface area (Å²) in [6.07, 6.45) is 1.64. The second kappa shape index (κ2) is 12.3. The molecule has 0 spiro atoms. The van der Waals surface area contributed by atoms with Gasteiger partial charge in [-0.05, 0) is 102 Å². The summed E-state index contributed by atoms with van der Waals surface area (Å²) < 4.78 is 15.7. The number of aromatic nitrogens is 2. The van der Waals surface area contributed by atoms with Gasteiger partial charge in [-0.1, -0.05) is 93.6 Å². The van der Waals surface area contributed by atoms with E-state index in [9.17, 15) is 0 Å². The Bertz CT molecular complexity index is 2400. The quantitative estimate of drug-likeness (QED) is 0.179. The van der Waals surface area contributed by atoms with Gasteiger partial charge in [0.25, 0.3) is 0 Å². The molecule has 7 aromatic rings. The number of aliphatic imine (C=N–C) groups is 1. The number of rotatable bonds is 6. The minimum atomic E-state index is -0.225. The first-order valence-electron chi connectivity index (χ1n) is 17.3. The molecule has 1 aliphatic heterocycles. The number of pyridine rings is 1. The zero-order valence-electron chi connectivity index (χ0n) is 29.4. The SMILES string of the molecule is Cc1cc(Oc2cc(C3=N[C@H](c4ccccc4)[C@@H](c4ccccc4)O3)c(C)cc2C)cc(-n2c3ccc(C(C)(C)C)cc3c3cccnc32)c1. The minimum Gasteiger partial charge on any atom is -0.467 e. The molecule has 1 aliphatic rings. The van der Waals surface area contributed by atoms with E-state index in [1.54, 1.807) is 0 Å². The molecule has 3 heterocycles. The minimum absolute atomic E-state index is 0.0416. The average molecular weight is 656 g/mol. The molecule has 5 nitrogen and oxygen atoms in total. The maximum Gasteiger partial charge on any atom is 0.217 e. The zero-order valence-corrected chi connectivity index (χ0v) is 29.4. The number of hydrogen-bond acceptors (Lipinski definition) is 4. The summed E-state index contributed by atoms with van der Waals surface area (Å²) >= 11 is 0. The second-order valence-corrected chi connectivity index (χ2v) is 14.5. The van der Waals surface area contributed by atoms with E-state index >= 15 is 0 Å². The lowest BCUT2D eigenvalue weighted by Gasteiger charge is -2.19. The fourth-order valence-electron chi connectivity index (χ4n) is 7.13. The first kappa shape index (κ1) is 31.6. The van der Waals surface area contributed by atoms with Crippen molar-refractivity contribution in [3.63, 3.8) is 0 Å². The van der Waals surface area contributed by atoms with E-state index in [1.807, 2.05) is 24.4 Å². The van der Waals surface area contributed by atoms with Crippen LogP contribution in [0.2, 0.25) is 0 Å². The van der Waals surface area contributed by atoms with E-state index in [4.69, 9.17) is 19.5 Å². The number of aryl methyl sites for hydroxylation is 3. The van der Waals surface area contributed by atoms with Crippen LogP contribution in [0.1, 0.15) is 71.9 Å². The van der Waals surface area contributed by atoms with Crippen molar-refractivity contribution in [1.29, 1.82) is 0 Å². The molecular weight excluding hydrogens is 615 g/mol. The molecule has 8 rings (SSSR count). The molecule has 0 bridgehead atoms. The van der Waals surface area contributed by atoms with Crippen LogP contribution in [0.5, 0.6) is 11.5 Å². The van der Waals surface area contributed by atoms with Crippen molar-refractivity contribution in [1.82, 2.24) is 9.55 Å². The number of hydrogen-bond donors (Lipinski definition) is 0. The molecule has 5 aromatic carbocycles. The van der Waals surface area contributed by atoms with Crippen LogP contribution in [0.25, 0.3) is 27.6 Å². The Labute approximate surface area is 293 Å². The predicted octanol–water partition coefficient (Wildman–Crippen LogP) is 11.5. The molecule has 248 valence electrons. The summed E-state index contributed by atoms with van der Waals surface area (Å²) in [5.41, 5.74) is 10.8. The Kier molecular flexibility index (Phi) is 7.79. The Balaban J connectivity index is 1.18. The molecule has 2 aromatic heterocycles. The van der Waals surface area contributed by atoms with Gasteiger partial charge in [-0.2, -0.15) is 0 Å². The van der Waals surface area contributed by atoms with Gasteiger partial charge in [-0.25, -0.2) is 9.98 Å². The largest absolute Gasteiger partial charge is 0.467 e. The molecule has 0 saturated carbocycles. The van der Waals surface area contributed by atoms with E-state index in [0.29, 0.717) is 5.90 Å². The Hall–Kier alpha value is -5.68. The summed E-state index contributed by atoms with van der Waals surface area (Å²) in [5, 5.41) is 2.33. The maximum atomic E-state index is 6.75. The lowest BCUT2D eigenvalue weighted by molar-refractivity contribution is 0.197. The van der Waals surface area contributed by atoms with E-state index in [0.717, 1.165) is 67.1 Å². The molecular formula is C45H41N3O2. The molecule has 50 heavy (non-hydrogen) atoms. The molecule has 0 aliphatic carbocycles. The summed E-state index contributed by atoms with van der Waals surface area (Å²) in [7, 11) is 0. The van der Waals surface area contributed by atoms with Gasteiger partial charge in [0.1, 0.15) is 23.2 Å². The summed E-state index contributed by atoms with van der Waals surface area (Å²) in [6.45, 7) is 13.1. The van der Waals surface area contributed by atoms with Crippen molar-refractivity contribution in [2.45, 2.75) is 59.1 Å². The molecule has 0 fully saturated rings. The van der Waals surface area contributed by atoms with Crippen molar-refractivity contribution < 1.29 is 9.47 Å². The van der Waals surface area contributed by atoms with Crippen LogP contribution in [0.4, 0.5) is 0 Å². The van der Waals surface area contributed by atoms with Crippen LogP contribution in [-0.2, 0) is 10.2 Å². The standard InChI is InChI=1S/C45H41N3O2/c1-28-22-34(48-39-20-19-33(45(4,5)6)25-38(39)36-18-13-21-46-43(36)48)26-35(23-28)49-40-27-37(29(2)24-30(40)3)44-47-41(31-14-9-7-10-15-31)42(50-44)32-16-11-8-12-17-32/h7-27,41-42H,1-6H3/t41-,42-/m1/s1. The van der Waals surface area contributed by atoms with Gasteiger partial charge in [-0.3, -0.25) is 4.57 Å². The first-order chi connectivity index (χ1) is 24.1. The monoisotopic (exact) mass is 655 g/mol. The van der Waals surface area contributed by atoms with Crippen LogP contribution >= 0.6 is 0 Å². The number of fused-ring (bicyclic) bond motifs is 3. The van der Waals surface area contributed by atoms with E-state index in [-0.39, 0.29) is 17.6 Å². The highest BCUT2D eigenvalue weighted by Gasteiger charge is 2.35. The van der Waals surface area contributed by atoms with Gasteiger partial charge in [0.2, 0.25) is 5.90 Å². The van der Waals surface area contributed by atoms with Crippen LogP contribution in [0.15, 0.2) is 133 Å². The smallest absolute Gasteiger partial charge is 0.217 e. The third-order valence-electron chi connectivity index (χ3n) is 9.72. The van der Waals surface area contributed by atoms with Gasteiger partial charge in [-0.15, -0.1) is 0 Å². The Morgan fingerprint density at radius 3 is 2.18 bits per heavy atom. The lowest BCUT2D eigenvalue weighted by atomic mass is 9.86. The van der Waals surface area contributed by atoms with E-state index in [1.165, 1.54) is 10.9 Å². The summed E-state index contributed by atoms with van der Waals surface area (Å²) in [4.78, 5) is 10.1. The molecule has 0 amide bonds. The third-order valence-corrected chi connectivity index (χ3v) is 9.72. The maximum absolute atomic E-state index is 6.75. The van der Waals surface area contributed by atoms with Crippen molar-refractivity contribution in [2.75, 3.05) is 0 Å². The normalized spacial score (nSPS) is 16.1. The van der Waals surface area contributed by atoms with Gasteiger partial charge in [0.05, 0.1) is 11.2 Å². The Morgan fingerprint density at radius 1 is 0.700 bits per heavy atom. The highest BCUT2D eigenvalue weighted by molar-refractivity contribution is 6.08. The zero-order chi connectivity index (χ0) is 34.6. The van der Waals surface area contributed by atoms with Crippen molar-refractivity contribution in [2.24, 2.45) is 4.99 Å². The molecule has 0 N–H and O–H groups in total. The van der Waals surface area contributed by atoms with Crippen molar-refractivity contribution >= 4 is 27.8 Å². The lowest BCUT2D eigenvalue weighted by Crippen LogP contribution is -2.10. The van der Waals surface area contributed by atoms with Crippen LogP contribution in [0, 0.1) is 20.8 Å². The fourth-order valence-corrected chi connectivity index (χ4v) is 7.13. The molecule has 2 atom stereocenters. The Morgan fingerprint density at radius 2 is 1.44 bits per heavy atom. The summed E-state index contributed by atoms with van der Waals surface area (Å²) in [6, 6.07) is 42.2. The molecule has 5 heteroatoms. The summed E-state index contributed by atoms with van der Waals surface area (Å²) in [5.74, 6) is 2.16. The second-order valence-electron chi connectivity index (χ2n) is 14.5. The van der Waals surface area contributed by atoms with E-state index < -0.39 is 0 Å². The van der Waals surface area contributed by atoms with Crippen LogP contribution < -0.4 is 4.74 Å². The molecule has 0 radical (unpaired) electrons. The first-order valence-corrected chi connectivity index (χ1v) is 17.3. The van der Waals surface area contributed by atoms with Crippen LogP contribution in [0.3, 0.4) is 0 Å². The molecule has 0 unspecified atom stereocenters. The number of benzene rings is 5. The van der Waals surface area contributed by atoms with Gasteiger partial charge >= 0.3 is 0 Å². The van der Waals surface area contributed by atoms with E-state index in [2.05, 4.69) is 149 Å². The fraction of sp³-hybridized carbons (Fsp3) is 0.200. The van der Waals surface area contributed by atoms with Gasteiger partial charge in [0.15, 0.2) is 6.10 Å². The average Bonchev–Trinajstić information content (AvgIpc) is 3.70. The van der Waals surface area contributed by atoms with Gasteiger partial charge < -0.3 is 9.47 Å². The highest BCUT2D eigenvalue weighted by Crippen LogP contribution is 2.43. The van der Waals surface area contributed by atoms with Crippen LogP contribution in [-0.4, -0.2) is 15.4 Å². The third kappa shape index (κ3) is 5.73. The van der Waals surface area contributed by atoms with Crippen molar-refractivity contribution in [3.05, 3.63) is 166 Å². The topological polar surface area (TPSA) is 48.6 Å². The molecule has 0 saturated heterocycles. The number of nitrogens with zero attached hydrogens (tertiary/aromatic N) is 3.